The van der Waals surface area contributed by atoms with Crippen molar-refractivity contribution in [1.82, 2.24) is 19.4 Å². The third-order valence-electron chi connectivity index (χ3n) is 6.51. The van der Waals surface area contributed by atoms with E-state index in [2.05, 4.69) is 15.2 Å². The van der Waals surface area contributed by atoms with Crippen LogP contribution >= 0.6 is 0 Å². The maximum absolute atomic E-state index is 13.2. The van der Waals surface area contributed by atoms with Gasteiger partial charge in [0, 0.05) is 61.5 Å². The van der Waals surface area contributed by atoms with Gasteiger partial charge in [-0.2, -0.15) is 13.2 Å². The molecular weight excluding hydrogens is 455 g/mol. The number of halogens is 3. The number of amides is 1. The molecule has 1 fully saturated rings. The third kappa shape index (κ3) is 4.76. The first-order valence-electron chi connectivity index (χ1n) is 11.6. The van der Waals surface area contributed by atoms with Gasteiger partial charge in [0.25, 0.3) is 0 Å². The number of aromatic nitrogens is 3. The van der Waals surface area contributed by atoms with Gasteiger partial charge in [0.2, 0.25) is 5.91 Å². The molecule has 0 spiro atoms. The lowest BCUT2D eigenvalue weighted by atomic mass is 9.98. The van der Waals surface area contributed by atoms with Crippen LogP contribution in [-0.2, 0) is 17.5 Å². The van der Waals surface area contributed by atoms with Gasteiger partial charge in [0.05, 0.1) is 23.3 Å². The number of carbonyl (C=O) groups excluding carboxylic acids is 1. The number of hydrogen-bond acceptors (Lipinski definition) is 3. The molecular formula is C26H26F3N5O. The summed E-state index contributed by atoms with van der Waals surface area (Å²) in [7, 11) is 0. The van der Waals surface area contributed by atoms with Crippen LogP contribution in [0.5, 0.6) is 0 Å². The molecule has 3 heterocycles. The van der Waals surface area contributed by atoms with Crippen LogP contribution < -0.4 is 10.2 Å². The van der Waals surface area contributed by atoms with Crippen LogP contribution in [0.15, 0.2) is 67.4 Å². The first-order valence-corrected chi connectivity index (χ1v) is 11.6. The molecule has 2 aromatic heterocycles. The normalized spacial score (nSPS) is 14.3. The lowest BCUT2D eigenvalue weighted by Crippen LogP contribution is -2.54. The van der Waals surface area contributed by atoms with E-state index in [0.29, 0.717) is 25.0 Å². The number of fused-ring (bicyclic) bond motifs is 1. The summed E-state index contributed by atoms with van der Waals surface area (Å²) >= 11 is 0. The zero-order valence-electron chi connectivity index (χ0n) is 19.3. The summed E-state index contributed by atoms with van der Waals surface area (Å²) in [5.74, 6) is 0.0119. The molecule has 6 nitrogen and oxygen atoms in total. The molecule has 35 heavy (non-hydrogen) atoms. The number of benzene rings is 2. The summed E-state index contributed by atoms with van der Waals surface area (Å²) in [6.45, 7) is 4.53. The highest BCUT2D eigenvalue weighted by Crippen LogP contribution is 2.34. The van der Waals surface area contributed by atoms with Crippen LogP contribution in [0.4, 0.5) is 18.9 Å². The van der Waals surface area contributed by atoms with E-state index in [0.717, 1.165) is 41.5 Å². The molecule has 182 valence electrons. The summed E-state index contributed by atoms with van der Waals surface area (Å²) in [6.07, 6.45) is 3.73. The van der Waals surface area contributed by atoms with Gasteiger partial charge in [-0.3, -0.25) is 4.79 Å². The fraction of sp³-hybridized carbons (Fsp3) is 0.308. The van der Waals surface area contributed by atoms with Crippen LogP contribution in [0, 0.1) is 12.8 Å². The Balaban J connectivity index is 1.22. The third-order valence-corrected chi connectivity index (χ3v) is 6.51. The van der Waals surface area contributed by atoms with Crippen molar-refractivity contribution in [3.05, 3.63) is 78.5 Å². The molecule has 1 aliphatic heterocycles. The van der Waals surface area contributed by atoms with Crippen LogP contribution in [0.1, 0.15) is 17.5 Å². The van der Waals surface area contributed by atoms with E-state index < -0.39 is 11.7 Å². The molecule has 0 bridgehead atoms. The molecule has 0 radical (unpaired) electrons. The van der Waals surface area contributed by atoms with Crippen molar-refractivity contribution in [2.75, 3.05) is 24.5 Å². The Hall–Kier alpha value is -3.75. The highest BCUT2D eigenvalue weighted by Gasteiger charge is 2.33. The van der Waals surface area contributed by atoms with Crippen molar-refractivity contribution >= 4 is 22.5 Å². The van der Waals surface area contributed by atoms with Crippen molar-refractivity contribution < 1.29 is 18.0 Å². The Labute approximate surface area is 201 Å². The van der Waals surface area contributed by atoms with Crippen LogP contribution in [-0.4, -0.2) is 39.7 Å². The number of hydrogen-bond donors (Lipinski definition) is 1. The minimum atomic E-state index is -4.37. The van der Waals surface area contributed by atoms with Crippen molar-refractivity contribution in [2.24, 2.45) is 5.92 Å². The first-order chi connectivity index (χ1) is 16.8. The number of alkyl halides is 3. The molecule has 1 amide bonds. The zero-order chi connectivity index (χ0) is 24.6. The molecule has 9 heteroatoms. The minimum Gasteiger partial charge on any atom is -0.370 e. The Morgan fingerprint density at radius 3 is 2.69 bits per heavy atom. The van der Waals surface area contributed by atoms with Gasteiger partial charge >= 0.3 is 6.18 Å². The lowest BCUT2D eigenvalue weighted by Gasteiger charge is -2.40. The average molecular weight is 482 g/mol. The van der Waals surface area contributed by atoms with Crippen molar-refractivity contribution in [1.29, 1.82) is 0 Å². The van der Waals surface area contributed by atoms with Crippen molar-refractivity contribution in [3.8, 4) is 5.69 Å². The molecule has 2 aromatic carbocycles. The van der Waals surface area contributed by atoms with Crippen molar-refractivity contribution in [3.63, 3.8) is 0 Å². The second-order valence-corrected chi connectivity index (χ2v) is 8.98. The molecule has 0 unspecified atom stereocenters. The largest absolute Gasteiger partial charge is 0.416 e. The van der Waals surface area contributed by atoms with Crippen LogP contribution in [0.25, 0.3) is 16.6 Å². The quantitative estimate of drug-likeness (QED) is 0.386. The van der Waals surface area contributed by atoms with Crippen LogP contribution in [0.3, 0.4) is 0 Å². The molecule has 0 atom stereocenters. The highest BCUT2D eigenvalue weighted by molar-refractivity contribution is 5.86. The second-order valence-electron chi connectivity index (χ2n) is 8.98. The van der Waals surface area contributed by atoms with Crippen LogP contribution in [0.2, 0.25) is 0 Å². The maximum atomic E-state index is 13.2. The van der Waals surface area contributed by atoms with Gasteiger partial charge in [-0.25, -0.2) is 4.98 Å². The minimum absolute atomic E-state index is 0.0534. The van der Waals surface area contributed by atoms with Gasteiger partial charge in [-0.05, 0) is 55.3 Å². The zero-order valence-corrected chi connectivity index (χ0v) is 19.3. The smallest absolute Gasteiger partial charge is 0.370 e. The summed E-state index contributed by atoms with van der Waals surface area (Å²) in [5, 5.41) is 3.59. The Kier molecular flexibility index (Phi) is 6.00. The number of rotatable bonds is 7. The molecule has 1 saturated heterocycles. The number of nitrogens with one attached hydrogen (secondary N) is 1. The van der Waals surface area contributed by atoms with Crippen molar-refractivity contribution in [2.45, 2.75) is 26.1 Å². The monoisotopic (exact) mass is 481 g/mol. The maximum Gasteiger partial charge on any atom is 0.416 e. The summed E-state index contributed by atoms with van der Waals surface area (Å²) in [4.78, 5) is 18.6. The predicted molar refractivity (Wildman–Crippen MR) is 129 cm³/mol. The van der Waals surface area contributed by atoms with E-state index in [4.69, 9.17) is 0 Å². The Morgan fingerprint density at radius 1 is 1.14 bits per heavy atom. The number of carbonyl (C=O) groups is 1. The Morgan fingerprint density at radius 2 is 1.94 bits per heavy atom. The molecule has 1 aliphatic rings. The van der Waals surface area contributed by atoms with Gasteiger partial charge < -0.3 is 19.4 Å². The fourth-order valence-electron chi connectivity index (χ4n) is 4.52. The summed E-state index contributed by atoms with van der Waals surface area (Å²) < 4.78 is 43.4. The number of imidazole rings is 1. The van der Waals surface area contributed by atoms with Gasteiger partial charge in [-0.1, -0.05) is 6.07 Å². The number of anilines is 1. The SMILES string of the molecule is Cc1cn(-c2cccc(N3CC(C(=O)NCCCn4ccnc4)C3)c2)c2ccc(C(F)(F)F)cc12. The highest BCUT2D eigenvalue weighted by atomic mass is 19.4. The molecule has 4 aromatic rings. The topological polar surface area (TPSA) is 55.1 Å². The first kappa shape index (κ1) is 23.0. The number of nitrogens with zero attached hydrogens (tertiary/aromatic N) is 4. The lowest BCUT2D eigenvalue weighted by molar-refractivity contribution is -0.137. The van der Waals surface area contributed by atoms with E-state index in [1.165, 1.54) is 12.1 Å². The van der Waals surface area contributed by atoms with Gasteiger partial charge in [-0.15, -0.1) is 0 Å². The van der Waals surface area contributed by atoms with Gasteiger partial charge in [0.1, 0.15) is 0 Å². The van der Waals surface area contributed by atoms with E-state index in [1.54, 1.807) is 12.5 Å². The molecule has 0 saturated carbocycles. The fourth-order valence-corrected chi connectivity index (χ4v) is 4.52. The summed E-state index contributed by atoms with van der Waals surface area (Å²) in [6, 6.07) is 11.7. The second kappa shape index (κ2) is 9.13. The van der Waals surface area contributed by atoms with E-state index in [-0.39, 0.29) is 11.8 Å². The standard InChI is InChI=1S/C26H26F3N5O/c1-18-14-34(24-7-6-20(12-23(18)24)26(27,28)29)22-5-2-4-21(13-22)33-15-19(16-33)25(35)31-8-3-10-32-11-9-30-17-32/h2,4-7,9,11-14,17,19H,3,8,10,15-16H2,1H3,(H,31,35). The summed E-state index contributed by atoms with van der Waals surface area (Å²) in [5.41, 5.74) is 2.71. The van der Waals surface area contributed by atoms with Gasteiger partial charge in [0.15, 0.2) is 0 Å². The van der Waals surface area contributed by atoms with E-state index >= 15 is 0 Å². The van der Waals surface area contributed by atoms with E-state index in [1.807, 2.05) is 52.7 Å². The Bertz CT molecular complexity index is 1340. The molecule has 1 N–H and O–H groups in total. The number of aryl methyl sites for hydroxylation is 2. The predicted octanol–water partition coefficient (Wildman–Crippen LogP) is 4.80. The average Bonchev–Trinajstić information content (AvgIpc) is 3.43. The molecule has 0 aliphatic carbocycles. The van der Waals surface area contributed by atoms with E-state index in [9.17, 15) is 18.0 Å². The molecule has 5 rings (SSSR count).